The van der Waals surface area contributed by atoms with Crippen molar-refractivity contribution in [3.63, 3.8) is 0 Å². The van der Waals surface area contributed by atoms with Crippen LogP contribution in [0.4, 0.5) is 5.69 Å². The molecule has 0 aliphatic carbocycles. The molecule has 3 heteroatoms. The normalized spacial score (nSPS) is 15.2. The van der Waals surface area contributed by atoms with Crippen LogP contribution in [-0.2, 0) is 17.8 Å². The summed E-state index contributed by atoms with van der Waals surface area (Å²) in [6.07, 6.45) is 1.71. The number of nitrogens with zero attached hydrogens (tertiary/aromatic N) is 1. The van der Waals surface area contributed by atoms with Crippen molar-refractivity contribution < 1.29 is 4.79 Å². The van der Waals surface area contributed by atoms with Crippen LogP contribution in [0, 0.1) is 0 Å². The number of anilines is 1. The maximum Gasteiger partial charge on any atom is 0.230 e. The molecule has 2 aromatic carbocycles. The van der Waals surface area contributed by atoms with Crippen LogP contribution in [0.15, 0.2) is 48.5 Å². The molecule has 0 saturated carbocycles. The van der Waals surface area contributed by atoms with Crippen molar-refractivity contribution in [1.82, 2.24) is 4.90 Å². The Morgan fingerprint density at radius 1 is 1.18 bits per heavy atom. The lowest BCUT2D eigenvalue weighted by Gasteiger charge is -2.32. The molecule has 3 rings (SSSR count). The fourth-order valence-electron chi connectivity index (χ4n) is 3.22. The molecule has 1 amide bonds. The zero-order chi connectivity index (χ0) is 15.5. The van der Waals surface area contributed by atoms with Gasteiger partial charge in [0.1, 0.15) is 0 Å². The van der Waals surface area contributed by atoms with E-state index in [0.717, 1.165) is 30.6 Å². The fraction of sp³-hybridized carbons (Fsp3) is 0.316. The highest BCUT2D eigenvalue weighted by atomic mass is 16.2. The van der Waals surface area contributed by atoms with Crippen LogP contribution in [0.25, 0.3) is 0 Å². The maximum atomic E-state index is 12.9. The number of fused-ring (bicyclic) bond motifs is 1. The van der Waals surface area contributed by atoms with Crippen molar-refractivity contribution >= 4 is 11.6 Å². The van der Waals surface area contributed by atoms with Gasteiger partial charge in [-0.2, -0.15) is 0 Å². The summed E-state index contributed by atoms with van der Waals surface area (Å²) in [6, 6.07) is 16.1. The van der Waals surface area contributed by atoms with Gasteiger partial charge in [-0.15, -0.1) is 0 Å². The Morgan fingerprint density at radius 3 is 2.68 bits per heavy atom. The number of nitrogens with two attached hydrogens (primary N) is 1. The summed E-state index contributed by atoms with van der Waals surface area (Å²) in [4.78, 5) is 14.9. The molecule has 1 unspecified atom stereocenters. The molecule has 0 fully saturated rings. The molecule has 0 saturated heterocycles. The van der Waals surface area contributed by atoms with E-state index < -0.39 is 0 Å². The summed E-state index contributed by atoms with van der Waals surface area (Å²) >= 11 is 0. The highest BCUT2D eigenvalue weighted by Gasteiger charge is 2.27. The Bertz CT molecular complexity index is 666. The predicted molar refractivity (Wildman–Crippen MR) is 89.4 cm³/mol. The van der Waals surface area contributed by atoms with Crippen LogP contribution in [0.3, 0.4) is 0 Å². The van der Waals surface area contributed by atoms with Gasteiger partial charge in [0.2, 0.25) is 5.91 Å². The molecule has 2 aromatic rings. The van der Waals surface area contributed by atoms with Gasteiger partial charge in [-0.25, -0.2) is 0 Å². The summed E-state index contributed by atoms with van der Waals surface area (Å²) in [5.74, 6) is 0.188. The molecule has 2 N–H and O–H groups in total. The topological polar surface area (TPSA) is 46.3 Å². The van der Waals surface area contributed by atoms with E-state index in [2.05, 4.69) is 6.92 Å². The van der Waals surface area contributed by atoms with Crippen molar-refractivity contribution in [1.29, 1.82) is 0 Å². The molecule has 0 spiro atoms. The second-order valence-electron chi connectivity index (χ2n) is 5.91. The molecule has 0 radical (unpaired) electrons. The monoisotopic (exact) mass is 294 g/mol. The van der Waals surface area contributed by atoms with Crippen molar-refractivity contribution in [2.45, 2.75) is 32.2 Å². The number of benzene rings is 2. The lowest BCUT2D eigenvalue weighted by molar-refractivity contribution is -0.133. The smallest absolute Gasteiger partial charge is 0.230 e. The first kappa shape index (κ1) is 14.6. The van der Waals surface area contributed by atoms with Gasteiger partial charge >= 0.3 is 0 Å². The minimum atomic E-state index is -0.0449. The van der Waals surface area contributed by atoms with Gasteiger partial charge in [-0.3, -0.25) is 4.79 Å². The Kier molecular flexibility index (Phi) is 4.14. The third kappa shape index (κ3) is 2.84. The molecule has 0 aromatic heterocycles. The van der Waals surface area contributed by atoms with Crippen LogP contribution < -0.4 is 5.73 Å². The van der Waals surface area contributed by atoms with Crippen molar-refractivity contribution in [2.75, 3.05) is 12.3 Å². The maximum absolute atomic E-state index is 12.9. The Morgan fingerprint density at radius 2 is 1.95 bits per heavy atom. The van der Waals surface area contributed by atoms with E-state index in [1.54, 1.807) is 0 Å². The first-order valence-corrected chi connectivity index (χ1v) is 7.90. The number of rotatable bonds is 3. The van der Waals surface area contributed by atoms with E-state index in [9.17, 15) is 4.79 Å². The minimum Gasteiger partial charge on any atom is -0.399 e. The highest BCUT2D eigenvalue weighted by molar-refractivity contribution is 5.84. The minimum absolute atomic E-state index is 0.0449. The SMILES string of the molecule is CCC(C(=O)N1CCc2cc(N)ccc2C1)c1ccccc1. The van der Waals surface area contributed by atoms with Gasteiger partial charge in [0.15, 0.2) is 0 Å². The average Bonchev–Trinajstić information content (AvgIpc) is 2.56. The number of hydrogen-bond acceptors (Lipinski definition) is 2. The zero-order valence-corrected chi connectivity index (χ0v) is 13.0. The second kappa shape index (κ2) is 6.22. The molecular weight excluding hydrogens is 272 g/mol. The summed E-state index contributed by atoms with van der Waals surface area (Å²) in [6.45, 7) is 3.55. The zero-order valence-electron chi connectivity index (χ0n) is 13.0. The quantitative estimate of drug-likeness (QED) is 0.882. The third-order valence-corrected chi connectivity index (χ3v) is 4.46. The van der Waals surface area contributed by atoms with Gasteiger partial charge in [0.25, 0.3) is 0 Å². The summed E-state index contributed by atoms with van der Waals surface area (Å²) in [7, 11) is 0. The molecule has 0 bridgehead atoms. The van der Waals surface area contributed by atoms with Crippen LogP contribution in [0.2, 0.25) is 0 Å². The van der Waals surface area contributed by atoms with Crippen LogP contribution in [0.1, 0.15) is 36.0 Å². The molecule has 1 aliphatic heterocycles. The summed E-state index contributed by atoms with van der Waals surface area (Å²) in [5, 5.41) is 0. The first-order valence-electron chi connectivity index (χ1n) is 7.90. The Balaban J connectivity index is 1.79. The van der Waals surface area contributed by atoms with Gasteiger partial charge in [-0.1, -0.05) is 43.3 Å². The third-order valence-electron chi connectivity index (χ3n) is 4.46. The summed E-state index contributed by atoms with van der Waals surface area (Å²) in [5.41, 5.74) is 10.2. The van der Waals surface area contributed by atoms with Crippen molar-refractivity contribution in [2.24, 2.45) is 0 Å². The molecular formula is C19H22N2O. The van der Waals surface area contributed by atoms with Gasteiger partial charge in [0, 0.05) is 18.8 Å². The lowest BCUT2D eigenvalue weighted by atomic mass is 9.92. The van der Waals surface area contributed by atoms with Gasteiger partial charge in [0.05, 0.1) is 5.92 Å². The second-order valence-corrected chi connectivity index (χ2v) is 5.91. The number of carbonyl (C=O) groups excluding carboxylic acids is 1. The number of carbonyl (C=O) groups is 1. The van der Waals surface area contributed by atoms with Crippen molar-refractivity contribution in [3.8, 4) is 0 Å². The van der Waals surface area contributed by atoms with E-state index in [0.29, 0.717) is 6.54 Å². The van der Waals surface area contributed by atoms with E-state index in [4.69, 9.17) is 5.73 Å². The van der Waals surface area contributed by atoms with E-state index in [-0.39, 0.29) is 11.8 Å². The Labute approximate surface area is 131 Å². The number of hydrogen-bond donors (Lipinski definition) is 1. The molecule has 22 heavy (non-hydrogen) atoms. The molecule has 1 heterocycles. The van der Waals surface area contributed by atoms with E-state index in [1.807, 2.05) is 53.4 Å². The molecule has 1 atom stereocenters. The predicted octanol–water partition coefficient (Wildman–Crippen LogP) is 3.35. The van der Waals surface area contributed by atoms with Gasteiger partial charge in [-0.05, 0) is 41.7 Å². The summed E-state index contributed by atoms with van der Waals surface area (Å²) < 4.78 is 0. The fourth-order valence-corrected chi connectivity index (χ4v) is 3.22. The van der Waals surface area contributed by atoms with Gasteiger partial charge < -0.3 is 10.6 Å². The van der Waals surface area contributed by atoms with Crippen LogP contribution in [-0.4, -0.2) is 17.4 Å². The molecule has 3 nitrogen and oxygen atoms in total. The number of amides is 1. The standard InChI is InChI=1S/C19H22N2O/c1-2-18(14-6-4-3-5-7-14)19(22)21-11-10-15-12-17(20)9-8-16(15)13-21/h3-9,12,18H,2,10-11,13,20H2,1H3. The van der Waals surface area contributed by atoms with Crippen molar-refractivity contribution in [3.05, 3.63) is 65.2 Å². The Hall–Kier alpha value is -2.29. The average molecular weight is 294 g/mol. The van der Waals surface area contributed by atoms with Crippen LogP contribution >= 0.6 is 0 Å². The lowest BCUT2D eigenvalue weighted by Crippen LogP contribution is -2.39. The molecule has 1 aliphatic rings. The van der Waals surface area contributed by atoms with E-state index in [1.165, 1.54) is 11.1 Å². The largest absolute Gasteiger partial charge is 0.399 e. The van der Waals surface area contributed by atoms with E-state index >= 15 is 0 Å². The number of nitrogen functional groups attached to an aromatic ring is 1. The molecule has 114 valence electrons. The first-order chi connectivity index (χ1) is 10.7. The van der Waals surface area contributed by atoms with Crippen LogP contribution in [0.5, 0.6) is 0 Å². The highest BCUT2D eigenvalue weighted by Crippen LogP contribution is 2.27.